The van der Waals surface area contributed by atoms with Gasteiger partial charge >= 0.3 is 0 Å². The van der Waals surface area contributed by atoms with Crippen molar-refractivity contribution in [2.75, 3.05) is 7.05 Å². The molecule has 0 radical (unpaired) electrons. The first-order chi connectivity index (χ1) is 4.16. The molecule has 0 amide bonds. The fourth-order valence-corrected chi connectivity index (χ4v) is 0.725. The number of hydrogen-bond donors (Lipinski definition) is 1. The molecule has 0 aromatic heterocycles. The fraction of sp³-hybridized carbons (Fsp3) is 0.500. The van der Waals surface area contributed by atoms with Crippen LogP contribution in [0.15, 0.2) is 23.4 Å². The Labute approximate surface area is 57.5 Å². The van der Waals surface area contributed by atoms with Gasteiger partial charge in [-0.05, 0) is 32.5 Å². The van der Waals surface area contributed by atoms with Crippen LogP contribution in [0, 0.1) is 0 Å². The Morgan fingerprint density at radius 2 is 1.78 bits per heavy atom. The van der Waals surface area contributed by atoms with Crippen LogP contribution >= 0.6 is 0 Å². The van der Waals surface area contributed by atoms with Gasteiger partial charge in [-0.2, -0.15) is 0 Å². The van der Waals surface area contributed by atoms with Crippen LogP contribution in [0.2, 0.25) is 0 Å². The maximum Gasteiger partial charge on any atom is 0.00277 e. The first-order valence-corrected chi connectivity index (χ1v) is 3.15. The van der Waals surface area contributed by atoms with E-state index in [-0.39, 0.29) is 0 Å². The van der Waals surface area contributed by atoms with Gasteiger partial charge in [0.05, 0.1) is 0 Å². The van der Waals surface area contributed by atoms with Gasteiger partial charge in [-0.15, -0.1) is 0 Å². The van der Waals surface area contributed by atoms with Gasteiger partial charge in [0.2, 0.25) is 0 Å². The summed E-state index contributed by atoms with van der Waals surface area (Å²) in [6.45, 7) is 6.25. The third-order valence-corrected chi connectivity index (χ3v) is 0.888. The van der Waals surface area contributed by atoms with Crippen LogP contribution in [0.25, 0.3) is 0 Å². The zero-order valence-corrected chi connectivity index (χ0v) is 6.65. The van der Waals surface area contributed by atoms with Crippen molar-refractivity contribution < 1.29 is 0 Å². The summed E-state index contributed by atoms with van der Waals surface area (Å²) in [5.74, 6) is 0. The summed E-state index contributed by atoms with van der Waals surface area (Å²) >= 11 is 0. The van der Waals surface area contributed by atoms with Gasteiger partial charge in [0, 0.05) is 7.05 Å². The van der Waals surface area contributed by atoms with Crippen LogP contribution in [0.1, 0.15) is 20.8 Å². The largest absolute Gasteiger partial charge is 0.394 e. The second-order valence-electron chi connectivity index (χ2n) is 2.40. The average Bonchev–Trinajstić information content (AvgIpc) is 1.63. The standard InChI is InChI=1S/C8H15N/c1-7(2)5-8(3)6-9-4/h5-6,9H,1-4H3/b8-6-. The topological polar surface area (TPSA) is 12.0 Å². The molecule has 0 spiro atoms. The van der Waals surface area contributed by atoms with Crippen molar-refractivity contribution >= 4 is 0 Å². The summed E-state index contributed by atoms with van der Waals surface area (Å²) in [6.07, 6.45) is 4.11. The first kappa shape index (κ1) is 8.28. The third kappa shape index (κ3) is 5.15. The normalized spacial score (nSPS) is 10.9. The lowest BCUT2D eigenvalue weighted by Crippen LogP contribution is -1.93. The highest BCUT2D eigenvalue weighted by molar-refractivity contribution is 5.18. The Bertz CT molecular complexity index is 128. The van der Waals surface area contributed by atoms with Crippen molar-refractivity contribution in [1.29, 1.82) is 0 Å². The van der Waals surface area contributed by atoms with Gasteiger partial charge in [0.15, 0.2) is 0 Å². The van der Waals surface area contributed by atoms with Gasteiger partial charge in [0.25, 0.3) is 0 Å². The van der Waals surface area contributed by atoms with Crippen LogP contribution in [0.4, 0.5) is 0 Å². The highest BCUT2D eigenvalue weighted by Crippen LogP contribution is 1.97. The average molecular weight is 125 g/mol. The molecule has 1 nitrogen and oxygen atoms in total. The molecule has 0 bridgehead atoms. The van der Waals surface area contributed by atoms with Gasteiger partial charge in [-0.3, -0.25) is 0 Å². The maximum absolute atomic E-state index is 2.97. The van der Waals surface area contributed by atoms with Crippen LogP contribution < -0.4 is 5.32 Å². The maximum atomic E-state index is 2.97. The number of hydrogen-bond acceptors (Lipinski definition) is 1. The molecule has 0 unspecified atom stereocenters. The molecule has 0 aliphatic carbocycles. The van der Waals surface area contributed by atoms with E-state index in [2.05, 4.69) is 32.2 Å². The molecule has 0 aliphatic rings. The quantitative estimate of drug-likeness (QED) is 0.557. The van der Waals surface area contributed by atoms with Crippen LogP contribution in [0.3, 0.4) is 0 Å². The van der Waals surface area contributed by atoms with E-state index in [9.17, 15) is 0 Å². The van der Waals surface area contributed by atoms with Crippen LogP contribution in [-0.4, -0.2) is 7.05 Å². The molecular weight excluding hydrogens is 110 g/mol. The monoisotopic (exact) mass is 125 g/mol. The number of nitrogens with one attached hydrogen (secondary N) is 1. The summed E-state index contributed by atoms with van der Waals surface area (Å²) in [4.78, 5) is 0. The second kappa shape index (κ2) is 4.19. The van der Waals surface area contributed by atoms with Crippen molar-refractivity contribution in [3.63, 3.8) is 0 Å². The molecule has 1 heteroatoms. The van der Waals surface area contributed by atoms with E-state index in [0.717, 1.165) is 0 Å². The van der Waals surface area contributed by atoms with Gasteiger partial charge in [-0.1, -0.05) is 11.6 Å². The predicted octanol–water partition coefficient (Wildman–Crippen LogP) is 2.08. The van der Waals surface area contributed by atoms with E-state index >= 15 is 0 Å². The summed E-state index contributed by atoms with van der Waals surface area (Å²) in [5, 5.41) is 2.97. The minimum atomic E-state index is 1.26. The van der Waals surface area contributed by atoms with Crippen molar-refractivity contribution in [3.05, 3.63) is 23.4 Å². The van der Waals surface area contributed by atoms with Crippen molar-refractivity contribution in [2.24, 2.45) is 0 Å². The summed E-state index contributed by atoms with van der Waals surface area (Å²) in [6, 6.07) is 0. The lowest BCUT2D eigenvalue weighted by molar-refractivity contribution is 1.08. The van der Waals surface area contributed by atoms with E-state index in [0.29, 0.717) is 0 Å². The Morgan fingerprint density at radius 3 is 2.11 bits per heavy atom. The van der Waals surface area contributed by atoms with Crippen molar-refractivity contribution in [1.82, 2.24) is 5.32 Å². The lowest BCUT2D eigenvalue weighted by atomic mass is 10.2. The molecule has 0 saturated carbocycles. The minimum Gasteiger partial charge on any atom is -0.394 e. The summed E-state index contributed by atoms with van der Waals surface area (Å²) in [5.41, 5.74) is 2.59. The van der Waals surface area contributed by atoms with E-state index in [1.807, 2.05) is 13.2 Å². The molecule has 0 fully saturated rings. The Kier molecular flexibility index (Phi) is 3.85. The highest BCUT2D eigenvalue weighted by Gasteiger charge is 1.79. The molecule has 0 saturated heterocycles. The highest BCUT2D eigenvalue weighted by atomic mass is 14.8. The zero-order chi connectivity index (χ0) is 7.28. The number of rotatable bonds is 2. The molecule has 0 rings (SSSR count). The predicted molar refractivity (Wildman–Crippen MR) is 42.2 cm³/mol. The SMILES string of the molecule is CN/C=C(/C)C=C(C)C. The van der Waals surface area contributed by atoms with Crippen molar-refractivity contribution in [2.45, 2.75) is 20.8 Å². The Hall–Kier alpha value is -0.720. The van der Waals surface area contributed by atoms with E-state index in [1.165, 1.54) is 11.1 Å². The van der Waals surface area contributed by atoms with E-state index in [1.54, 1.807) is 0 Å². The van der Waals surface area contributed by atoms with E-state index in [4.69, 9.17) is 0 Å². The second-order valence-corrected chi connectivity index (χ2v) is 2.40. The molecule has 0 aromatic rings. The molecule has 52 valence electrons. The Morgan fingerprint density at radius 1 is 1.22 bits per heavy atom. The first-order valence-electron chi connectivity index (χ1n) is 3.15. The molecule has 0 atom stereocenters. The summed E-state index contributed by atoms with van der Waals surface area (Å²) < 4.78 is 0. The van der Waals surface area contributed by atoms with Gasteiger partial charge < -0.3 is 5.32 Å². The van der Waals surface area contributed by atoms with E-state index < -0.39 is 0 Å². The van der Waals surface area contributed by atoms with Gasteiger partial charge in [0.1, 0.15) is 0 Å². The molecule has 0 aromatic carbocycles. The smallest absolute Gasteiger partial charge is 0.00277 e. The van der Waals surface area contributed by atoms with Crippen LogP contribution in [0.5, 0.6) is 0 Å². The minimum absolute atomic E-state index is 1.26. The zero-order valence-electron chi connectivity index (χ0n) is 6.65. The number of allylic oxidation sites excluding steroid dienone is 3. The third-order valence-electron chi connectivity index (χ3n) is 0.888. The van der Waals surface area contributed by atoms with Crippen LogP contribution in [-0.2, 0) is 0 Å². The molecule has 1 N–H and O–H groups in total. The molecule has 0 aliphatic heterocycles. The Balaban J connectivity index is 3.90. The van der Waals surface area contributed by atoms with Gasteiger partial charge in [-0.25, -0.2) is 0 Å². The fourth-order valence-electron chi connectivity index (χ4n) is 0.725. The molecule has 9 heavy (non-hydrogen) atoms. The molecular formula is C8H15N. The van der Waals surface area contributed by atoms with Crippen molar-refractivity contribution in [3.8, 4) is 0 Å². The molecule has 0 heterocycles. The lowest BCUT2D eigenvalue weighted by Gasteiger charge is -1.92. The summed E-state index contributed by atoms with van der Waals surface area (Å²) in [7, 11) is 1.91.